The van der Waals surface area contributed by atoms with Gasteiger partial charge in [-0.3, -0.25) is 14.7 Å². The number of nitrogens with two attached hydrogens (primary N) is 1. The van der Waals surface area contributed by atoms with E-state index < -0.39 is 12.3 Å². The van der Waals surface area contributed by atoms with Crippen molar-refractivity contribution < 1.29 is 13.6 Å². The highest BCUT2D eigenvalue weighted by Gasteiger charge is 2.29. The van der Waals surface area contributed by atoms with Crippen molar-refractivity contribution in [2.75, 3.05) is 13.1 Å². The van der Waals surface area contributed by atoms with Crippen molar-refractivity contribution in [3.05, 3.63) is 60.5 Å². The van der Waals surface area contributed by atoms with Crippen molar-refractivity contribution in [3.63, 3.8) is 0 Å². The first-order valence-electron chi connectivity index (χ1n) is 8.21. The number of fused-ring (bicyclic) bond motifs is 1. The third kappa shape index (κ3) is 3.96. The number of alkyl halides is 2. The van der Waals surface area contributed by atoms with Gasteiger partial charge in [-0.1, -0.05) is 24.3 Å². The highest BCUT2D eigenvalue weighted by atomic mass is 19.2. The van der Waals surface area contributed by atoms with Gasteiger partial charge in [-0.25, -0.2) is 13.8 Å². The molecule has 2 N–H and O–H groups in total. The van der Waals surface area contributed by atoms with E-state index in [1.807, 2.05) is 0 Å². The number of carbonyl (C=O) groups excluding carboxylic acids is 1. The molecule has 0 fully saturated rings. The molecule has 0 spiro atoms. The summed E-state index contributed by atoms with van der Waals surface area (Å²) in [6.07, 6.45) is 10.9. The van der Waals surface area contributed by atoms with Gasteiger partial charge in [-0.2, -0.15) is 5.10 Å². The summed E-state index contributed by atoms with van der Waals surface area (Å²) < 4.78 is 27.6. The van der Waals surface area contributed by atoms with Gasteiger partial charge < -0.3 is 5.73 Å². The Hall–Kier alpha value is -3.03. The van der Waals surface area contributed by atoms with Gasteiger partial charge in [0.05, 0.1) is 6.54 Å². The molecule has 1 amide bonds. The van der Waals surface area contributed by atoms with Crippen LogP contribution in [-0.2, 0) is 4.79 Å². The largest absolute Gasteiger partial charge is 0.381 e. The van der Waals surface area contributed by atoms with Crippen LogP contribution >= 0.6 is 0 Å². The van der Waals surface area contributed by atoms with Crippen LogP contribution in [0.4, 0.5) is 8.78 Å². The SMILES string of the molecule is NC1=N/C=C/C=C\C=C\N2C(=O)CCN(CC3=CC=CC(F)C3F)N=C12. The second-order valence-corrected chi connectivity index (χ2v) is 5.88. The van der Waals surface area contributed by atoms with Crippen LogP contribution in [-0.4, -0.2) is 52.9 Å². The number of hydrogen-bond donors (Lipinski definition) is 1. The molecule has 0 aromatic heterocycles. The van der Waals surface area contributed by atoms with E-state index in [1.165, 1.54) is 34.3 Å². The Morgan fingerprint density at radius 2 is 2.00 bits per heavy atom. The van der Waals surface area contributed by atoms with Crippen molar-refractivity contribution in [1.82, 2.24) is 9.91 Å². The van der Waals surface area contributed by atoms with E-state index >= 15 is 0 Å². The first-order valence-corrected chi connectivity index (χ1v) is 8.21. The summed E-state index contributed by atoms with van der Waals surface area (Å²) in [6.45, 7) is 0.319. The van der Waals surface area contributed by atoms with Crippen molar-refractivity contribution in [1.29, 1.82) is 0 Å². The molecule has 3 aliphatic rings. The summed E-state index contributed by atoms with van der Waals surface area (Å²) in [5, 5.41) is 5.91. The van der Waals surface area contributed by atoms with Gasteiger partial charge in [-0.15, -0.1) is 0 Å². The molecular formula is C18H19F2N5O. The lowest BCUT2D eigenvalue weighted by molar-refractivity contribution is -0.125. The maximum atomic E-state index is 14.1. The molecule has 0 aromatic rings. The van der Waals surface area contributed by atoms with Gasteiger partial charge in [0.25, 0.3) is 0 Å². The molecule has 2 heterocycles. The molecule has 0 saturated heterocycles. The highest BCUT2D eigenvalue weighted by molar-refractivity contribution is 6.42. The second kappa shape index (κ2) is 7.90. The molecule has 136 valence electrons. The summed E-state index contributed by atoms with van der Waals surface area (Å²) in [5.41, 5.74) is 6.25. The van der Waals surface area contributed by atoms with E-state index in [4.69, 9.17) is 5.73 Å². The maximum Gasteiger partial charge on any atom is 0.234 e. The fraction of sp³-hybridized carbons (Fsp3) is 0.278. The van der Waals surface area contributed by atoms with Crippen molar-refractivity contribution >= 4 is 17.6 Å². The molecule has 2 unspecified atom stereocenters. The van der Waals surface area contributed by atoms with Crippen molar-refractivity contribution in [3.8, 4) is 0 Å². The lowest BCUT2D eigenvalue weighted by Gasteiger charge is -2.24. The van der Waals surface area contributed by atoms with Crippen LogP contribution in [0.3, 0.4) is 0 Å². The zero-order valence-corrected chi connectivity index (χ0v) is 14.0. The third-order valence-corrected chi connectivity index (χ3v) is 4.02. The predicted octanol–water partition coefficient (Wildman–Crippen LogP) is 1.96. The van der Waals surface area contributed by atoms with E-state index in [0.29, 0.717) is 0 Å². The number of hydrogen-bond acceptors (Lipinski definition) is 5. The normalized spacial score (nSPS) is 29.8. The summed E-state index contributed by atoms with van der Waals surface area (Å²) in [7, 11) is 0. The zero-order chi connectivity index (χ0) is 18.5. The smallest absolute Gasteiger partial charge is 0.234 e. The third-order valence-electron chi connectivity index (χ3n) is 4.02. The predicted molar refractivity (Wildman–Crippen MR) is 96.5 cm³/mol. The van der Waals surface area contributed by atoms with Crippen LogP contribution in [0.5, 0.6) is 0 Å². The van der Waals surface area contributed by atoms with Crippen LogP contribution < -0.4 is 5.73 Å². The van der Waals surface area contributed by atoms with Gasteiger partial charge in [0, 0.05) is 25.4 Å². The monoisotopic (exact) mass is 359 g/mol. The standard InChI is InChI=1S/C18H19F2N5O/c19-14-7-5-6-13(16(14)20)12-24-11-8-15(26)25-10-4-2-1-3-9-22-17(21)18(25)23-24/h1-7,9-10,14,16H,8,11-12H2,(H2,21,22)/b2-1-,9-3+,10-4+. The number of hydrazone groups is 1. The molecule has 2 atom stereocenters. The summed E-state index contributed by atoms with van der Waals surface area (Å²) >= 11 is 0. The Labute approximate surface area is 150 Å². The average Bonchev–Trinajstić information content (AvgIpc) is 2.78. The van der Waals surface area contributed by atoms with E-state index in [2.05, 4.69) is 10.1 Å². The first-order chi connectivity index (χ1) is 12.6. The van der Waals surface area contributed by atoms with Crippen LogP contribution in [0, 0.1) is 0 Å². The fourth-order valence-electron chi connectivity index (χ4n) is 2.66. The van der Waals surface area contributed by atoms with Crippen LogP contribution in [0.15, 0.2) is 70.6 Å². The number of halogens is 2. The Bertz CT molecular complexity index is 778. The molecule has 0 radical (unpaired) electrons. The van der Waals surface area contributed by atoms with Crippen LogP contribution in [0.1, 0.15) is 6.42 Å². The van der Waals surface area contributed by atoms with Gasteiger partial charge in [0.1, 0.15) is 0 Å². The average molecular weight is 359 g/mol. The zero-order valence-electron chi connectivity index (χ0n) is 14.0. The topological polar surface area (TPSA) is 74.3 Å². The molecule has 0 aromatic carbocycles. The summed E-state index contributed by atoms with van der Waals surface area (Å²) in [6, 6.07) is 0. The second-order valence-electron chi connectivity index (χ2n) is 5.88. The van der Waals surface area contributed by atoms with E-state index in [1.54, 1.807) is 30.5 Å². The van der Waals surface area contributed by atoms with Crippen LogP contribution in [0.2, 0.25) is 0 Å². The summed E-state index contributed by atoms with van der Waals surface area (Å²) in [4.78, 5) is 17.9. The molecular weight excluding hydrogens is 340 g/mol. The summed E-state index contributed by atoms with van der Waals surface area (Å²) in [5.74, 6) is -0.00159. The minimum absolute atomic E-state index is 0.0548. The van der Waals surface area contributed by atoms with E-state index in [9.17, 15) is 13.6 Å². The molecule has 26 heavy (non-hydrogen) atoms. The lowest BCUT2D eigenvalue weighted by atomic mass is 10.0. The molecule has 2 aliphatic heterocycles. The molecule has 1 aliphatic carbocycles. The molecule has 6 nitrogen and oxygen atoms in total. The Kier molecular flexibility index (Phi) is 5.40. The van der Waals surface area contributed by atoms with E-state index in [-0.39, 0.29) is 42.7 Å². The Morgan fingerprint density at radius 1 is 1.19 bits per heavy atom. The molecule has 8 heteroatoms. The van der Waals surface area contributed by atoms with Gasteiger partial charge in [0.2, 0.25) is 11.7 Å². The number of amidine groups is 2. The fourth-order valence-corrected chi connectivity index (χ4v) is 2.66. The van der Waals surface area contributed by atoms with Gasteiger partial charge in [-0.05, 0) is 23.8 Å². The molecule has 0 saturated carbocycles. The quantitative estimate of drug-likeness (QED) is 0.819. The highest BCUT2D eigenvalue weighted by Crippen LogP contribution is 2.22. The first kappa shape index (κ1) is 17.8. The number of amides is 1. The Morgan fingerprint density at radius 3 is 2.85 bits per heavy atom. The molecule has 0 bridgehead atoms. The minimum atomic E-state index is -1.72. The van der Waals surface area contributed by atoms with Crippen LogP contribution in [0.25, 0.3) is 0 Å². The van der Waals surface area contributed by atoms with E-state index in [0.717, 1.165) is 0 Å². The maximum absolute atomic E-state index is 14.1. The number of aliphatic imine (C=N–C) groups is 1. The number of rotatable bonds is 2. The van der Waals surface area contributed by atoms with Gasteiger partial charge >= 0.3 is 0 Å². The van der Waals surface area contributed by atoms with Crippen molar-refractivity contribution in [2.45, 2.75) is 18.8 Å². The number of nitrogens with zero attached hydrogens (tertiary/aromatic N) is 4. The lowest BCUT2D eigenvalue weighted by Crippen LogP contribution is -2.40. The number of carbonyl (C=O) groups is 1. The number of allylic oxidation sites excluding steroid dienone is 7. The Balaban J connectivity index is 1.92. The molecule has 3 rings (SSSR count). The van der Waals surface area contributed by atoms with Crippen molar-refractivity contribution in [2.24, 2.45) is 15.8 Å². The minimum Gasteiger partial charge on any atom is -0.381 e. The van der Waals surface area contributed by atoms with Gasteiger partial charge in [0.15, 0.2) is 18.2 Å².